The smallest absolute Gasteiger partial charge is 0.320 e. The van der Waals surface area contributed by atoms with Crippen molar-refractivity contribution in [1.29, 1.82) is 0 Å². The van der Waals surface area contributed by atoms with Gasteiger partial charge in [0.05, 0.1) is 31.3 Å². The molecule has 0 aliphatic carbocycles. The SMILES string of the molecule is CCOc1nc2c3c(cn([C@H]4C[C@H](O)[C@@H](CO)O4)c3n1)CCON2. The molecule has 9 heteroatoms. The minimum Gasteiger partial charge on any atom is -0.464 e. The monoisotopic (exact) mass is 336 g/mol. The lowest BCUT2D eigenvalue weighted by Crippen LogP contribution is -2.24. The zero-order valence-electron chi connectivity index (χ0n) is 13.3. The maximum Gasteiger partial charge on any atom is 0.320 e. The minimum atomic E-state index is -0.706. The molecular weight excluding hydrogens is 316 g/mol. The van der Waals surface area contributed by atoms with Crippen LogP contribution < -0.4 is 10.2 Å². The fourth-order valence-electron chi connectivity index (χ4n) is 3.21. The van der Waals surface area contributed by atoms with E-state index < -0.39 is 18.4 Å². The molecule has 0 saturated carbocycles. The minimum absolute atomic E-state index is 0.219. The van der Waals surface area contributed by atoms with Gasteiger partial charge in [-0.05, 0) is 12.5 Å². The van der Waals surface area contributed by atoms with E-state index in [0.717, 1.165) is 10.9 Å². The Morgan fingerprint density at radius 1 is 1.46 bits per heavy atom. The first-order valence-electron chi connectivity index (χ1n) is 8.07. The Morgan fingerprint density at radius 3 is 3.08 bits per heavy atom. The van der Waals surface area contributed by atoms with E-state index in [2.05, 4.69) is 15.4 Å². The molecule has 24 heavy (non-hydrogen) atoms. The van der Waals surface area contributed by atoms with E-state index in [1.807, 2.05) is 17.7 Å². The molecular formula is C15H20N4O5. The van der Waals surface area contributed by atoms with E-state index in [-0.39, 0.29) is 12.6 Å². The van der Waals surface area contributed by atoms with Gasteiger partial charge in [-0.1, -0.05) is 0 Å². The normalized spacial score (nSPS) is 26.4. The third-order valence-corrected chi connectivity index (χ3v) is 4.34. The van der Waals surface area contributed by atoms with Gasteiger partial charge in [-0.3, -0.25) is 4.84 Å². The van der Waals surface area contributed by atoms with Crippen LogP contribution in [0.5, 0.6) is 6.01 Å². The number of hydrogen-bond acceptors (Lipinski definition) is 8. The van der Waals surface area contributed by atoms with Crippen LogP contribution >= 0.6 is 0 Å². The summed E-state index contributed by atoms with van der Waals surface area (Å²) in [6, 6.07) is 0.251. The zero-order chi connectivity index (χ0) is 16.7. The molecule has 3 N–H and O–H groups in total. The molecule has 2 aromatic rings. The summed E-state index contributed by atoms with van der Waals surface area (Å²) in [6.07, 6.45) is 1.36. The number of nitrogens with zero attached hydrogens (tertiary/aromatic N) is 3. The summed E-state index contributed by atoms with van der Waals surface area (Å²) >= 11 is 0. The van der Waals surface area contributed by atoms with Crippen LogP contribution in [0.1, 0.15) is 25.1 Å². The maximum absolute atomic E-state index is 10.0. The Hall–Kier alpha value is -1.94. The van der Waals surface area contributed by atoms with E-state index >= 15 is 0 Å². The molecule has 4 rings (SSSR count). The van der Waals surface area contributed by atoms with E-state index in [1.165, 1.54) is 0 Å². The van der Waals surface area contributed by atoms with Gasteiger partial charge in [0, 0.05) is 19.0 Å². The highest BCUT2D eigenvalue weighted by Gasteiger charge is 2.36. The summed E-state index contributed by atoms with van der Waals surface area (Å²) in [4.78, 5) is 14.2. The number of rotatable bonds is 4. The standard InChI is InChI=1S/C15H20N4O5/c1-2-22-15-16-13-12-8(3-4-23-18-13)6-19(14(12)17-15)11-5-9(21)10(7-20)24-11/h6,9-11,20-21H,2-5,7H2,1H3,(H,16,17,18)/t9-,10+,11+/m0/s1. The average Bonchev–Trinajstić information content (AvgIpc) is 3.05. The average molecular weight is 336 g/mol. The van der Waals surface area contributed by atoms with Crippen LogP contribution in [0.4, 0.5) is 5.82 Å². The molecule has 2 aliphatic heterocycles. The summed E-state index contributed by atoms with van der Waals surface area (Å²) < 4.78 is 13.1. The van der Waals surface area contributed by atoms with Gasteiger partial charge in [-0.25, -0.2) is 5.48 Å². The highest BCUT2D eigenvalue weighted by molar-refractivity contribution is 5.91. The molecule has 3 atom stereocenters. The van der Waals surface area contributed by atoms with Gasteiger partial charge in [0.15, 0.2) is 11.5 Å². The fraction of sp³-hybridized carbons (Fsp3) is 0.600. The molecule has 0 aromatic carbocycles. The number of aliphatic hydroxyl groups is 2. The van der Waals surface area contributed by atoms with Crippen LogP contribution in [0, 0.1) is 0 Å². The van der Waals surface area contributed by atoms with Crippen molar-refractivity contribution >= 4 is 16.9 Å². The predicted molar refractivity (Wildman–Crippen MR) is 83.6 cm³/mol. The number of aliphatic hydroxyl groups excluding tert-OH is 2. The largest absolute Gasteiger partial charge is 0.464 e. The highest BCUT2D eigenvalue weighted by Crippen LogP contribution is 2.36. The molecule has 9 nitrogen and oxygen atoms in total. The molecule has 1 fully saturated rings. The van der Waals surface area contributed by atoms with E-state index in [9.17, 15) is 10.2 Å². The number of nitrogens with one attached hydrogen (secondary N) is 1. The predicted octanol–water partition coefficient (Wildman–Crippen LogP) is 0.370. The number of aromatic nitrogens is 3. The molecule has 0 radical (unpaired) electrons. The van der Waals surface area contributed by atoms with Crippen LogP contribution in [0.2, 0.25) is 0 Å². The Labute approximate surface area is 138 Å². The zero-order valence-corrected chi connectivity index (χ0v) is 13.3. The first kappa shape index (κ1) is 15.6. The summed E-state index contributed by atoms with van der Waals surface area (Å²) in [5.74, 6) is 0.562. The number of ether oxygens (including phenoxy) is 2. The van der Waals surface area contributed by atoms with Crippen molar-refractivity contribution in [2.24, 2.45) is 0 Å². The van der Waals surface area contributed by atoms with Gasteiger partial charge in [-0.2, -0.15) is 9.97 Å². The third-order valence-electron chi connectivity index (χ3n) is 4.34. The van der Waals surface area contributed by atoms with Gasteiger partial charge < -0.3 is 24.3 Å². The molecule has 0 bridgehead atoms. The summed E-state index contributed by atoms with van der Waals surface area (Å²) in [5, 5.41) is 20.2. The first-order valence-corrected chi connectivity index (χ1v) is 8.07. The van der Waals surface area contributed by atoms with Crippen LogP contribution in [-0.4, -0.2) is 56.8 Å². The second kappa shape index (κ2) is 6.17. The Balaban J connectivity index is 1.82. The van der Waals surface area contributed by atoms with Gasteiger partial charge in [0.25, 0.3) is 0 Å². The molecule has 2 aromatic heterocycles. The van der Waals surface area contributed by atoms with Crippen molar-refractivity contribution in [3.8, 4) is 6.01 Å². The maximum atomic E-state index is 10.0. The Morgan fingerprint density at radius 2 is 2.33 bits per heavy atom. The summed E-state index contributed by atoms with van der Waals surface area (Å²) in [7, 11) is 0. The number of hydrogen-bond donors (Lipinski definition) is 3. The molecule has 0 amide bonds. The van der Waals surface area contributed by atoms with Crippen LogP contribution in [0.3, 0.4) is 0 Å². The van der Waals surface area contributed by atoms with Crippen molar-refractivity contribution in [3.05, 3.63) is 11.8 Å². The number of anilines is 1. The molecule has 4 heterocycles. The Kier molecular flexibility index (Phi) is 4.01. The van der Waals surface area contributed by atoms with E-state index in [0.29, 0.717) is 37.5 Å². The van der Waals surface area contributed by atoms with Crippen molar-refractivity contribution in [2.75, 3.05) is 25.3 Å². The van der Waals surface area contributed by atoms with Crippen LogP contribution in [0.25, 0.3) is 11.0 Å². The van der Waals surface area contributed by atoms with Gasteiger partial charge in [0.2, 0.25) is 0 Å². The fourth-order valence-corrected chi connectivity index (χ4v) is 3.21. The molecule has 1 saturated heterocycles. The Bertz CT molecular complexity index is 749. The van der Waals surface area contributed by atoms with Gasteiger partial charge in [-0.15, -0.1) is 0 Å². The lowest BCUT2D eigenvalue weighted by atomic mass is 10.2. The topological polar surface area (TPSA) is 111 Å². The molecule has 0 spiro atoms. The van der Waals surface area contributed by atoms with Gasteiger partial charge >= 0.3 is 6.01 Å². The first-order chi connectivity index (χ1) is 11.7. The van der Waals surface area contributed by atoms with Crippen LogP contribution in [0.15, 0.2) is 6.20 Å². The second-order valence-electron chi connectivity index (χ2n) is 5.86. The van der Waals surface area contributed by atoms with Crippen molar-refractivity contribution < 1.29 is 24.5 Å². The van der Waals surface area contributed by atoms with E-state index in [1.54, 1.807) is 0 Å². The van der Waals surface area contributed by atoms with Crippen LogP contribution in [-0.2, 0) is 16.0 Å². The summed E-state index contributed by atoms with van der Waals surface area (Å²) in [6.45, 7) is 2.60. The highest BCUT2D eigenvalue weighted by atomic mass is 16.6. The summed E-state index contributed by atoms with van der Waals surface area (Å²) in [5.41, 5.74) is 4.55. The van der Waals surface area contributed by atoms with Crippen molar-refractivity contribution in [3.63, 3.8) is 0 Å². The second-order valence-corrected chi connectivity index (χ2v) is 5.86. The molecule has 2 aliphatic rings. The van der Waals surface area contributed by atoms with E-state index in [4.69, 9.17) is 14.3 Å². The third kappa shape index (κ3) is 2.49. The quantitative estimate of drug-likeness (QED) is 0.734. The van der Waals surface area contributed by atoms with Gasteiger partial charge in [0.1, 0.15) is 12.3 Å². The van der Waals surface area contributed by atoms with Crippen molar-refractivity contribution in [1.82, 2.24) is 14.5 Å². The van der Waals surface area contributed by atoms with Crippen molar-refractivity contribution in [2.45, 2.75) is 38.2 Å². The molecule has 130 valence electrons. The lowest BCUT2D eigenvalue weighted by Gasteiger charge is -2.15. The molecule has 0 unspecified atom stereocenters. The lowest BCUT2D eigenvalue weighted by molar-refractivity contribution is -0.0431.